The summed E-state index contributed by atoms with van der Waals surface area (Å²) in [5.74, 6) is 9.35. The number of ether oxygens (including phenoxy) is 2. The van der Waals surface area contributed by atoms with Gasteiger partial charge in [-0.05, 0) is 243 Å². The van der Waals surface area contributed by atoms with Gasteiger partial charge in [0.25, 0.3) is 11.8 Å². The molecule has 13 rings (SSSR count). The summed E-state index contributed by atoms with van der Waals surface area (Å²) in [5.41, 5.74) is 4.42. The SMILES string of the molecule is CC(C)CCC[C@@H](C)[C@H]1CC[C@H]2[C@@H]3CC=C4C[C@@H](OC(=O)NCCNC(=O)c5ccc(-c6ccc(-c7ccc(-c8ccc(-c9ccc(C(=O)NCCNC(=O)O[C@H]%10CC[C@@]%11(C)C(=CC[C@H]%12[C@@H]%13CC[C@H]([C@H](C)CCCC(C)C)[C@@]%13(C)CC[C@@H]%12%11)C%10)s9)s8)s7)s6)s5)CC[C@]4(C)[C@H]3CC[C@]12C. The third-order valence-corrected chi connectivity index (χ3v) is 33.1. The molecule has 15 heteroatoms. The van der Waals surface area contributed by atoms with Crippen molar-refractivity contribution in [2.24, 2.45) is 92.7 Å². The molecule has 97 heavy (non-hydrogen) atoms. The van der Waals surface area contributed by atoms with Crippen LogP contribution in [0.5, 0.6) is 0 Å². The molecule has 4 N–H and O–H groups in total. The molecule has 0 saturated heterocycles. The molecule has 526 valence electrons. The third kappa shape index (κ3) is 14.8. The zero-order chi connectivity index (χ0) is 68.0. The van der Waals surface area contributed by atoms with Gasteiger partial charge in [0.1, 0.15) is 12.2 Å². The second-order valence-corrected chi connectivity index (χ2v) is 38.7. The Morgan fingerprint density at radius 1 is 0.423 bits per heavy atom. The molecule has 6 fully saturated rings. The predicted molar refractivity (Wildman–Crippen MR) is 405 cm³/mol. The minimum atomic E-state index is -0.399. The molecular formula is C82H112N4O6S5. The van der Waals surface area contributed by atoms with Crippen molar-refractivity contribution in [2.45, 2.75) is 223 Å². The van der Waals surface area contributed by atoms with Crippen LogP contribution in [0, 0.1) is 92.7 Å². The Labute approximate surface area is 600 Å². The van der Waals surface area contributed by atoms with E-state index in [0.717, 1.165) is 129 Å². The molecule has 8 aliphatic rings. The minimum Gasteiger partial charge on any atom is -0.446 e. The fourth-order valence-electron chi connectivity index (χ4n) is 21.7. The van der Waals surface area contributed by atoms with Crippen LogP contribution in [0.4, 0.5) is 9.59 Å². The normalized spacial score (nSPS) is 31.7. The van der Waals surface area contributed by atoms with Gasteiger partial charge in [-0.2, -0.15) is 0 Å². The first kappa shape index (κ1) is 70.9. The maximum absolute atomic E-state index is 13.3. The van der Waals surface area contributed by atoms with Gasteiger partial charge in [-0.25, -0.2) is 9.59 Å². The fraction of sp³-hybridized carbons (Fsp3) is 0.659. The van der Waals surface area contributed by atoms with Gasteiger partial charge < -0.3 is 30.7 Å². The Balaban J connectivity index is 0.511. The largest absolute Gasteiger partial charge is 0.446 e. The molecule has 6 saturated carbocycles. The van der Waals surface area contributed by atoms with E-state index in [-0.39, 0.29) is 34.9 Å². The van der Waals surface area contributed by atoms with E-state index in [4.69, 9.17) is 9.47 Å². The first-order chi connectivity index (χ1) is 46.6. The molecular weight excluding hydrogens is 1300 g/mol. The van der Waals surface area contributed by atoms with Crippen LogP contribution in [0.15, 0.2) is 84.0 Å². The molecule has 5 aromatic rings. The van der Waals surface area contributed by atoms with E-state index in [0.29, 0.717) is 46.8 Å². The molecule has 10 nitrogen and oxygen atoms in total. The smallest absolute Gasteiger partial charge is 0.407 e. The Morgan fingerprint density at radius 3 is 1.14 bits per heavy atom. The Bertz CT molecular complexity index is 3430. The highest BCUT2D eigenvalue weighted by Crippen LogP contribution is 2.69. The van der Waals surface area contributed by atoms with Gasteiger partial charge in [-0.15, -0.1) is 56.7 Å². The van der Waals surface area contributed by atoms with Crippen molar-refractivity contribution in [1.82, 2.24) is 21.3 Å². The van der Waals surface area contributed by atoms with Crippen molar-refractivity contribution in [2.75, 3.05) is 26.2 Å². The van der Waals surface area contributed by atoms with Gasteiger partial charge in [0.15, 0.2) is 0 Å². The van der Waals surface area contributed by atoms with Crippen LogP contribution in [-0.4, -0.2) is 62.4 Å². The topological polar surface area (TPSA) is 135 Å². The number of rotatable bonds is 24. The monoisotopic (exact) mass is 1410 g/mol. The second-order valence-electron chi connectivity index (χ2n) is 33.3. The number of amides is 4. The van der Waals surface area contributed by atoms with Crippen LogP contribution in [0.1, 0.15) is 230 Å². The van der Waals surface area contributed by atoms with Crippen LogP contribution < -0.4 is 21.3 Å². The molecule has 8 aliphatic carbocycles. The van der Waals surface area contributed by atoms with Crippen LogP contribution in [0.25, 0.3) is 39.0 Å². The highest BCUT2D eigenvalue weighted by Gasteiger charge is 2.61. The summed E-state index contributed by atoms with van der Waals surface area (Å²) in [6.45, 7) is 26.2. The first-order valence-corrected chi connectivity index (χ1v) is 42.0. The number of hydrogen-bond donors (Lipinski definition) is 4. The van der Waals surface area contributed by atoms with E-state index in [1.165, 1.54) is 156 Å². The lowest BCUT2D eigenvalue weighted by Crippen LogP contribution is -2.51. The van der Waals surface area contributed by atoms with Gasteiger partial charge in [-0.1, -0.05) is 131 Å². The zero-order valence-corrected chi connectivity index (χ0v) is 64.0. The van der Waals surface area contributed by atoms with Gasteiger partial charge in [0.05, 0.1) is 9.75 Å². The van der Waals surface area contributed by atoms with Crippen molar-refractivity contribution in [1.29, 1.82) is 0 Å². The molecule has 4 amide bonds. The zero-order valence-electron chi connectivity index (χ0n) is 59.9. The summed E-state index contributed by atoms with van der Waals surface area (Å²) in [5, 5.41) is 11.8. The fourth-order valence-corrected chi connectivity index (χ4v) is 27.0. The van der Waals surface area contributed by atoms with Crippen molar-refractivity contribution in [3.63, 3.8) is 0 Å². The summed E-state index contributed by atoms with van der Waals surface area (Å²) in [4.78, 5) is 63.2. The lowest BCUT2D eigenvalue weighted by atomic mass is 9.47. The van der Waals surface area contributed by atoms with Gasteiger partial charge in [0, 0.05) is 78.0 Å². The highest BCUT2D eigenvalue weighted by molar-refractivity contribution is 7.30. The van der Waals surface area contributed by atoms with E-state index in [2.05, 4.69) is 139 Å². The number of hydrogen-bond acceptors (Lipinski definition) is 11. The quantitative estimate of drug-likeness (QED) is 0.0359. The van der Waals surface area contributed by atoms with Crippen LogP contribution in [0.3, 0.4) is 0 Å². The molecule has 0 aliphatic heterocycles. The van der Waals surface area contributed by atoms with Crippen LogP contribution >= 0.6 is 56.7 Å². The average Bonchev–Trinajstić information content (AvgIpc) is 1.71. The molecule has 5 heterocycles. The van der Waals surface area contributed by atoms with Crippen molar-refractivity contribution in [3.8, 4) is 39.0 Å². The standard InChI is InChI=1S/C82H112N4O6S5/c1-49(2)13-11-15-51(5)59-21-23-61-57-19-17-53-47-55(35-39-79(53,7)63(57)37-41-81(59,61)9)91-77(89)85-45-43-83-75(87)73-33-31-71(96-73)69-29-27-67(94-69)65-25-26-66(93-65)68-28-30-70(95-68)72-32-34-74(97-72)76(88)84-44-46-86-78(90)92-56-36-40-80(8)54(48-56)18-20-58-62-24-22-60(52(6)16-12-14-50(3)4)82(62,10)42-38-64(58)80/h17-18,25-34,49-52,55-64H,11-16,19-24,35-48H2,1-10H3,(H,83,87)(H,84,88)(H,85,89)(H,86,90)/t51-,52-,55+,56+,57+,58+,59-,60-,61+,62+,63+,64+,79+,80+,81-,82-/m1/s1. The van der Waals surface area contributed by atoms with Gasteiger partial charge in [-0.3, -0.25) is 9.59 Å². The lowest BCUT2D eigenvalue weighted by molar-refractivity contribution is -0.0581. The van der Waals surface area contributed by atoms with Crippen molar-refractivity contribution < 1.29 is 28.7 Å². The lowest BCUT2D eigenvalue weighted by Gasteiger charge is -2.58. The maximum Gasteiger partial charge on any atom is 0.407 e. The van der Waals surface area contributed by atoms with Gasteiger partial charge in [0.2, 0.25) is 0 Å². The number of carbonyl (C=O) groups is 4. The summed E-state index contributed by atoms with van der Waals surface area (Å²) < 4.78 is 12.1. The number of fused-ring (bicyclic) bond motifs is 10. The van der Waals surface area contributed by atoms with E-state index in [1.54, 1.807) is 34.0 Å². The Kier molecular flexibility index (Phi) is 21.8. The maximum atomic E-state index is 13.3. The van der Waals surface area contributed by atoms with E-state index < -0.39 is 12.2 Å². The molecule has 0 unspecified atom stereocenters. The number of allylic oxidation sites excluding steroid dienone is 2. The second kappa shape index (κ2) is 29.8. The van der Waals surface area contributed by atoms with Gasteiger partial charge >= 0.3 is 12.2 Å². The summed E-state index contributed by atoms with van der Waals surface area (Å²) >= 11 is 8.17. The number of carbonyl (C=O) groups excluding carboxylic acids is 4. The Morgan fingerprint density at radius 2 is 0.773 bits per heavy atom. The first-order valence-electron chi connectivity index (χ1n) is 37.9. The highest BCUT2D eigenvalue weighted by atomic mass is 32.1. The molecule has 0 spiro atoms. The molecule has 0 aromatic carbocycles. The summed E-state index contributed by atoms with van der Waals surface area (Å²) in [6.07, 6.45) is 31.4. The summed E-state index contributed by atoms with van der Waals surface area (Å²) in [7, 11) is 0. The number of alkyl carbamates (subject to hydrolysis) is 2. The van der Waals surface area contributed by atoms with E-state index in [1.807, 2.05) is 24.3 Å². The molecule has 0 radical (unpaired) electrons. The third-order valence-electron chi connectivity index (χ3n) is 26.9. The van der Waals surface area contributed by atoms with E-state index >= 15 is 0 Å². The van der Waals surface area contributed by atoms with Crippen LogP contribution in [0.2, 0.25) is 0 Å². The molecule has 16 atom stereocenters. The van der Waals surface area contributed by atoms with Crippen molar-refractivity contribution >= 4 is 80.7 Å². The average molecular weight is 1410 g/mol. The number of nitrogens with one attached hydrogen (secondary N) is 4. The minimum absolute atomic E-state index is 0.112. The Hall–Kier alpha value is -4.54. The molecule has 5 aromatic heterocycles. The van der Waals surface area contributed by atoms with Crippen LogP contribution in [-0.2, 0) is 9.47 Å². The van der Waals surface area contributed by atoms with Crippen molar-refractivity contribution in [3.05, 3.63) is 93.7 Å². The predicted octanol–water partition coefficient (Wildman–Crippen LogP) is 22.4. The number of thiophene rings is 5. The van der Waals surface area contributed by atoms with E-state index in [9.17, 15) is 19.2 Å². The molecule has 0 bridgehead atoms. The summed E-state index contributed by atoms with van der Waals surface area (Å²) in [6, 6.07) is 20.8.